The fraction of sp³-hybridized carbons (Fsp3) is 0.0400. The van der Waals surface area contributed by atoms with E-state index in [1.54, 1.807) is 18.2 Å². The minimum atomic E-state index is -0.605. The summed E-state index contributed by atoms with van der Waals surface area (Å²) >= 11 is 5.90. The van der Waals surface area contributed by atoms with Crippen molar-refractivity contribution in [2.45, 2.75) is 6.61 Å². The van der Waals surface area contributed by atoms with Crippen molar-refractivity contribution in [1.29, 1.82) is 0 Å². The number of rotatable bonds is 6. The summed E-state index contributed by atoms with van der Waals surface area (Å²) in [5, 5.41) is 26.0. The molecule has 34 heavy (non-hydrogen) atoms. The molecule has 5 aromatic rings. The van der Waals surface area contributed by atoms with E-state index >= 15 is 0 Å². The number of aromatic hydroxyl groups is 1. The minimum Gasteiger partial charge on any atom is -0.493 e. The first kappa shape index (κ1) is 21.4. The molecule has 1 amide bonds. The largest absolute Gasteiger partial charge is 0.493 e. The molecule has 8 nitrogen and oxygen atoms in total. The summed E-state index contributed by atoms with van der Waals surface area (Å²) in [4.78, 5) is 15.3. The highest BCUT2D eigenvalue weighted by molar-refractivity contribution is 6.30. The van der Waals surface area contributed by atoms with Gasteiger partial charge in [-0.05, 0) is 54.1 Å². The van der Waals surface area contributed by atoms with Gasteiger partial charge in [0.05, 0.1) is 11.2 Å². The number of nitrogens with zero attached hydrogens (tertiary/aromatic N) is 3. The highest BCUT2D eigenvalue weighted by Gasteiger charge is 2.13. The molecule has 3 aromatic carbocycles. The van der Waals surface area contributed by atoms with E-state index in [1.165, 1.54) is 0 Å². The first-order valence-electron chi connectivity index (χ1n) is 10.4. The number of ether oxygens (including phenoxy) is 1. The topological polar surface area (TPSA) is 116 Å². The van der Waals surface area contributed by atoms with Crippen molar-refractivity contribution in [2.75, 3.05) is 0 Å². The number of aromatic amines is 2. The van der Waals surface area contributed by atoms with Crippen LogP contribution in [0.5, 0.6) is 11.6 Å². The molecule has 5 rings (SSSR count). The Bertz CT molecular complexity index is 1490. The Hall–Kier alpha value is -4.43. The molecule has 0 saturated heterocycles. The summed E-state index contributed by atoms with van der Waals surface area (Å²) in [6.45, 7) is 0.425. The third-order valence-electron chi connectivity index (χ3n) is 5.18. The van der Waals surface area contributed by atoms with E-state index in [-0.39, 0.29) is 17.3 Å². The quantitative estimate of drug-likeness (QED) is 0.248. The number of carbonyl (C=O) groups excluding carboxylic acids is 1. The molecule has 2 heterocycles. The predicted octanol–water partition coefficient (Wildman–Crippen LogP) is 6.42. The second kappa shape index (κ2) is 9.21. The number of halogens is 1. The van der Waals surface area contributed by atoms with E-state index < -0.39 is 5.91 Å². The highest BCUT2D eigenvalue weighted by Crippen LogP contribution is 2.35. The fourth-order valence-corrected chi connectivity index (χ4v) is 3.54. The number of hydrogen-bond acceptors (Lipinski definition) is 5. The average molecular weight is 472 g/mol. The van der Waals surface area contributed by atoms with Gasteiger partial charge in [0.2, 0.25) is 5.88 Å². The molecule has 0 fully saturated rings. The van der Waals surface area contributed by atoms with Gasteiger partial charge in [-0.25, -0.2) is 0 Å². The second-order valence-corrected chi connectivity index (χ2v) is 7.92. The number of fused-ring (bicyclic) bond motifs is 1. The van der Waals surface area contributed by atoms with Gasteiger partial charge in [0.15, 0.2) is 5.69 Å². The Balaban J connectivity index is 1.25. The van der Waals surface area contributed by atoms with Crippen molar-refractivity contribution < 1.29 is 14.6 Å². The van der Waals surface area contributed by atoms with Crippen LogP contribution in [0, 0.1) is 0 Å². The molecule has 0 atom stereocenters. The maximum absolute atomic E-state index is 12.5. The number of hydrogen-bond donors (Lipinski definition) is 3. The van der Waals surface area contributed by atoms with Crippen LogP contribution in [0.2, 0.25) is 5.02 Å². The van der Waals surface area contributed by atoms with Crippen LogP contribution in [0.4, 0.5) is 5.69 Å². The maximum atomic E-state index is 12.5. The normalized spacial score (nSPS) is 11.3. The van der Waals surface area contributed by atoms with Crippen molar-refractivity contribution in [3.8, 4) is 22.9 Å². The third-order valence-corrected chi connectivity index (χ3v) is 5.43. The lowest BCUT2D eigenvalue weighted by atomic mass is 10.1. The van der Waals surface area contributed by atoms with Gasteiger partial charge in [-0.2, -0.15) is 5.10 Å². The molecule has 0 spiro atoms. The zero-order valence-corrected chi connectivity index (χ0v) is 18.5. The average Bonchev–Trinajstić information content (AvgIpc) is 3.47. The van der Waals surface area contributed by atoms with Gasteiger partial charge in [0.1, 0.15) is 18.1 Å². The summed E-state index contributed by atoms with van der Waals surface area (Å²) in [5.74, 6) is -0.0503. The fourth-order valence-electron chi connectivity index (χ4n) is 3.41. The number of benzene rings is 3. The zero-order chi connectivity index (χ0) is 23.5. The van der Waals surface area contributed by atoms with E-state index in [0.29, 0.717) is 34.0 Å². The Labute approximate surface area is 198 Å². The second-order valence-electron chi connectivity index (χ2n) is 7.48. The smallest absolute Gasteiger partial charge is 0.313 e. The monoisotopic (exact) mass is 471 g/mol. The van der Waals surface area contributed by atoms with Crippen LogP contribution in [0.3, 0.4) is 0 Å². The van der Waals surface area contributed by atoms with Crippen molar-refractivity contribution in [3.63, 3.8) is 0 Å². The Morgan fingerprint density at radius 3 is 2.59 bits per heavy atom. The molecule has 0 aliphatic carbocycles. The van der Waals surface area contributed by atoms with E-state index in [0.717, 1.165) is 11.1 Å². The molecule has 0 radical (unpaired) electrons. The molecule has 0 unspecified atom stereocenters. The van der Waals surface area contributed by atoms with Crippen molar-refractivity contribution in [3.05, 3.63) is 95.1 Å². The number of amides is 1. The van der Waals surface area contributed by atoms with Gasteiger partial charge in [0.25, 0.3) is 0 Å². The summed E-state index contributed by atoms with van der Waals surface area (Å²) in [7, 11) is 0. The summed E-state index contributed by atoms with van der Waals surface area (Å²) in [5.41, 5.74) is 3.49. The van der Waals surface area contributed by atoms with E-state index in [4.69, 9.17) is 16.3 Å². The Kier molecular flexibility index (Phi) is 5.80. The molecule has 9 heteroatoms. The highest BCUT2D eigenvalue weighted by atomic mass is 35.5. The summed E-state index contributed by atoms with van der Waals surface area (Å²) in [6, 6.07) is 23.7. The van der Waals surface area contributed by atoms with Crippen LogP contribution >= 0.6 is 11.6 Å². The van der Waals surface area contributed by atoms with Gasteiger partial charge in [-0.3, -0.25) is 9.89 Å². The van der Waals surface area contributed by atoms with E-state index in [2.05, 4.69) is 25.4 Å². The van der Waals surface area contributed by atoms with Crippen molar-refractivity contribution in [2.24, 2.45) is 10.2 Å². The first-order chi connectivity index (χ1) is 16.6. The maximum Gasteiger partial charge on any atom is 0.313 e. The van der Waals surface area contributed by atoms with Crippen LogP contribution < -0.4 is 4.74 Å². The van der Waals surface area contributed by atoms with Crippen LogP contribution in [-0.2, 0) is 6.61 Å². The molecule has 168 valence electrons. The van der Waals surface area contributed by atoms with Crippen LogP contribution in [0.15, 0.2) is 89.1 Å². The lowest BCUT2D eigenvalue weighted by Crippen LogP contribution is -1.94. The zero-order valence-electron chi connectivity index (χ0n) is 17.7. The van der Waals surface area contributed by atoms with Crippen molar-refractivity contribution in [1.82, 2.24) is 15.2 Å². The van der Waals surface area contributed by atoms with Gasteiger partial charge in [0, 0.05) is 16.0 Å². The predicted molar refractivity (Wildman–Crippen MR) is 129 cm³/mol. The standard InChI is InChI=1S/C25H18ClN5O3/c26-17-9-5-15(6-10-17)14-34-18-11-7-16(8-12-18)21-13-22(29-28-21)24(32)31-30-23-19-3-1-2-4-20(19)27-25(23)33/h1-13,27,33H,14H2,(H,28,29). The van der Waals surface area contributed by atoms with Crippen LogP contribution in [-0.4, -0.2) is 26.2 Å². The number of azo groups is 1. The minimum absolute atomic E-state index is 0.151. The van der Waals surface area contributed by atoms with Gasteiger partial charge >= 0.3 is 5.91 Å². The van der Waals surface area contributed by atoms with Crippen LogP contribution in [0.1, 0.15) is 16.1 Å². The molecule has 0 aliphatic rings. The van der Waals surface area contributed by atoms with Crippen LogP contribution in [0.25, 0.3) is 22.2 Å². The van der Waals surface area contributed by atoms with Gasteiger partial charge in [-0.15, -0.1) is 10.2 Å². The SMILES string of the molecule is O=C(N=Nc1c(O)[nH]c2ccccc12)c1cc(-c2ccc(OCc3ccc(Cl)cc3)cc2)n[nH]1. The van der Waals surface area contributed by atoms with E-state index in [9.17, 15) is 9.90 Å². The molecule has 2 aromatic heterocycles. The number of carbonyl (C=O) groups is 1. The number of nitrogens with one attached hydrogen (secondary N) is 2. The van der Waals surface area contributed by atoms with Gasteiger partial charge < -0.3 is 14.8 Å². The molecular weight excluding hydrogens is 454 g/mol. The number of aromatic nitrogens is 3. The molecular formula is C25H18ClN5O3. The lowest BCUT2D eigenvalue weighted by molar-refractivity contribution is 0.0990. The first-order valence-corrected chi connectivity index (χ1v) is 10.7. The number of H-pyrrole nitrogens is 2. The molecule has 0 bridgehead atoms. The summed E-state index contributed by atoms with van der Waals surface area (Å²) in [6.07, 6.45) is 0. The lowest BCUT2D eigenvalue weighted by Gasteiger charge is -2.07. The number of para-hydroxylation sites is 1. The van der Waals surface area contributed by atoms with Gasteiger partial charge in [-0.1, -0.05) is 41.9 Å². The Morgan fingerprint density at radius 1 is 1.03 bits per heavy atom. The summed E-state index contributed by atoms with van der Waals surface area (Å²) < 4.78 is 5.80. The molecule has 0 aliphatic heterocycles. The molecule has 0 saturated carbocycles. The van der Waals surface area contributed by atoms with E-state index in [1.807, 2.05) is 60.7 Å². The third kappa shape index (κ3) is 4.53. The van der Waals surface area contributed by atoms with Crippen molar-refractivity contribution >= 4 is 34.1 Å². The molecule has 3 N–H and O–H groups in total. The Morgan fingerprint density at radius 2 is 1.79 bits per heavy atom.